The van der Waals surface area contributed by atoms with Crippen molar-refractivity contribution in [2.75, 3.05) is 19.0 Å². The molecule has 10 nitrogen and oxygen atoms in total. The van der Waals surface area contributed by atoms with Crippen molar-refractivity contribution in [3.05, 3.63) is 49.9 Å². The van der Waals surface area contributed by atoms with E-state index in [1.54, 1.807) is 6.92 Å². The van der Waals surface area contributed by atoms with Gasteiger partial charge in [-0.05, 0) is 57.2 Å². The number of methoxy groups -OCH3 is 1. The number of rotatable bonds is 8. The van der Waals surface area contributed by atoms with Crippen molar-refractivity contribution in [2.45, 2.75) is 45.6 Å². The number of anilines is 1. The maximum absolute atomic E-state index is 12.7. The van der Waals surface area contributed by atoms with Crippen molar-refractivity contribution >= 4 is 39.9 Å². The molecule has 1 N–H and O–H groups in total. The van der Waals surface area contributed by atoms with Crippen LogP contribution >= 0.6 is 11.3 Å². The second-order valence-corrected chi connectivity index (χ2v) is 8.42. The van der Waals surface area contributed by atoms with Gasteiger partial charge in [0.25, 0.3) is 5.91 Å². The number of thiophene rings is 1. The highest BCUT2D eigenvalue weighted by atomic mass is 32.1. The Kier molecular flexibility index (Phi) is 7.64. The van der Waals surface area contributed by atoms with E-state index in [9.17, 15) is 24.5 Å². The van der Waals surface area contributed by atoms with Gasteiger partial charge in [0.2, 0.25) is 0 Å². The van der Waals surface area contributed by atoms with Crippen LogP contribution in [0.2, 0.25) is 0 Å². The Morgan fingerprint density at radius 1 is 1.21 bits per heavy atom. The fraction of sp³-hybridized carbons (Fsp3) is 0.409. The Hall–Kier alpha value is -3.47. The SMILES string of the molecule is CCOC(=O)c1c(NC(=O)[C@H](C)OC(=O)c2ccc(OC)c([N+](=O)[O-])c2)sc2c1CCCC2. The van der Waals surface area contributed by atoms with E-state index in [1.807, 2.05) is 0 Å². The van der Waals surface area contributed by atoms with Crippen molar-refractivity contribution in [3.63, 3.8) is 0 Å². The third kappa shape index (κ3) is 5.30. The summed E-state index contributed by atoms with van der Waals surface area (Å²) in [7, 11) is 1.28. The van der Waals surface area contributed by atoms with Crippen molar-refractivity contribution in [2.24, 2.45) is 0 Å². The first-order chi connectivity index (χ1) is 15.8. The van der Waals surface area contributed by atoms with Gasteiger partial charge < -0.3 is 19.5 Å². The van der Waals surface area contributed by atoms with E-state index in [1.165, 1.54) is 37.5 Å². The predicted molar refractivity (Wildman–Crippen MR) is 120 cm³/mol. The molecule has 0 radical (unpaired) electrons. The molecule has 1 amide bonds. The average Bonchev–Trinajstić information content (AvgIpc) is 3.16. The molecule has 0 unspecified atom stereocenters. The molecule has 0 bridgehead atoms. The van der Waals surface area contributed by atoms with Crippen LogP contribution in [-0.2, 0) is 27.1 Å². The highest BCUT2D eigenvalue weighted by Crippen LogP contribution is 2.38. The molecule has 33 heavy (non-hydrogen) atoms. The van der Waals surface area contributed by atoms with Crippen LogP contribution in [0.25, 0.3) is 0 Å². The van der Waals surface area contributed by atoms with Gasteiger partial charge in [-0.15, -0.1) is 11.3 Å². The lowest BCUT2D eigenvalue weighted by atomic mass is 9.95. The fourth-order valence-electron chi connectivity index (χ4n) is 3.53. The second-order valence-electron chi connectivity index (χ2n) is 7.32. The summed E-state index contributed by atoms with van der Waals surface area (Å²) in [5.74, 6) is -2.03. The van der Waals surface area contributed by atoms with Crippen molar-refractivity contribution in [3.8, 4) is 5.75 Å². The van der Waals surface area contributed by atoms with E-state index in [4.69, 9.17) is 14.2 Å². The first kappa shape index (κ1) is 24.2. The second kappa shape index (κ2) is 10.4. The lowest BCUT2D eigenvalue weighted by Crippen LogP contribution is -2.30. The van der Waals surface area contributed by atoms with Gasteiger partial charge in [0, 0.05) is 10.9 Å². The zero-order valence-corrected chi connectivity index (χ0v) is 19.3. The number of nitro benzene ring substituents is 1. The van der Waals surface area contributed by atoms with E-state index in [2.05, 4.69) is 5.32 Å². The van der Waals surface area contributed by atoms with Crippen LogP contribution in [0, 0.1) is 10.1 Å². The summed E-state index contributed by atoms with van der Waals surface area (Å²) in [6.45, 7) is 3.29. The Balaban J connectivity index is 1.76. The Labute approximate surface area is 194 Å². The molecular formula is C22H24N2O8S. The number of carbonyl (C=O) groups is 3. The number of benzene rings is 1. The fourth-order valence-corrected chi connectivity index (χ4v) is 4.81. The summed E-state index contributed by atoms with van der Waals surface area (Å²) in [4.78, 5) is 49.3. The highest BCUT2D eigenvalue weighted by molar-refractivity contribution is 7.17. The van der Waals surface area contributed by atoms with E-state index in [-0.39, 0.29) is 17.9 Å². The van der Waals surface area contributed by atoms with Crippen molar-refractivity contribution in [1.82, 2.24) is 0 Å². The molecule has 0 saturated heterocycles. The molecule has 0 spiro atoms. The summed E-state index contributed by atoms with van der Waals surface area (Å²) in [6.07, 6.45) is 2.30. The molecule has 1 aliphatic carbocycles. The molecule has 1 aromatic heterocycles. The Morgan fingerprint density at radius 3 is 2.61 bits per heavy atom. The minimum atomic E-state index is -1.21. The molecule has 1 aromatic carbocycles. The molecule has 0 saturated carbocycles. The number of esters is 2. The predicted octanol–water partition coefficient (Wildman–Crippen LogP) is 3.90. The zero-order chi connectivity index (χ0) is 24.1. The largest absolute Gasteiger partial charge is 0.490 e. The van der Waals surface area contributed by atoms with Gasteiger partial charge in [0.1, 0.15) is 5.00 Å². The number of ether oxygens (including phenoxy) is 3. The van der Waals surface area contributed by atoms with Crippen LogP contribution in [0.15, 0.2) is 18.2 Å². The first-order valence-corrected chi connectivity index (χ1v) is 11.2. The summed E-state index contributed by atoms with van der Waals surface area (Å²) < 4.78 is 15.3. The normalized spacial score (nSPS) is 13.4. The zero-order valence-electron chi connectivity index (χ0n) is 18.5. The minimum Gasteiger partial charge on any atom is -0.490 e. The van der Waals surface area contributed by atoms with Gasteiger partial charge in [-0.2, -0.15) is 0 Å². The van der Waals surface area contributed by atoms with E-state index in [0.29, 0.717) is 10.6 Å². The van der Waals surface area contributed by atoms with Gasteiger partial charge in [0.05, 0.1) is 29.8 Å². The molecule has 3 rings (SSSR count). The lowest BCUT2D eigenvalue weighted by molar-refractivity contribution is -0.385. The van der Waals surface area contributed by atoms with Gasteiger partial charge in [-0.25, -0.2) is 9.59 Å². The Bertz CT molecular complexity index is 1090. The average molecular weight is 477 g/mol. The number of carbonyl (C=O) groups excluding carboxylic acids is 3. The number of amides is 1. The van der Waals surface area contributed by atoms with Crippen LogP contribution in [-0.4, -0.2) is 42.6 Å². The third-order valence-corrected chi connectivity index (χ3v) is 6.36. The van der Waals surface area contributed by atoms with Gasteiger partial charge in [-0.3, -0.25) is 14.9 Å². The van der Waals surface area contributed by atoms with E-state index in [0.717, 1.165) is 42.2 Å². The maximum Gasteiger partial charge on any atom is 0.341 e. The molecule has 0 aliphatic heterocycles. The Morgan fingerprint density at radius 2 is 1.94 bits per heavy atom. The smallest absolute Gasteiger partial charge is 0.341 e. The summed E-state index contributed by atoms with van der Waals surface area (Å²) in [6, 6.07) is 3.62. The monoisotopic (exact) mass is 476 g/mol. The van der Waals surface area contributed by atoms with E-state index < -0.39 is 34.6 Å². The number of hydrogen-bond donors (Lipinski definition) is 1. The lowest BCUT2D eigenvalue weighted by Gasteiger charge is -2.14. The quantitative estimate of drug-likeness (QED) is 0.344. The molecular weight excluding hydrogens is 452 g/mol. The highest BCUT2D eigenvalue weighted by Gasteiger charge is 2.29. The number of aryl methyl sites for hydroxylation is 1. The van der Waals surface area contributed by atoms with Crippen LogP contribution in [0.4, 0.5) is 10.7 Å². The number of nitro groups is 1. The van der Waals surface area contributed by atoms with Crippen LogP contribution < -0.4 is 10.1 Å². The topological polar surface area (TPSA) is 134 Å². The molecule has 11 heteroatoms. The number of nitrogens with zero attached hydrogens (tertiary/aromatic N) is 1. The summed E-state index contributed by atoms with van der Waals surface area (Å²) >= 11 is 1.32. The third-order valence-electron chi connectivity index (χ3n) is 5.15. The molecule has 0 fully saturated rings. The van der Waals surface area contributed by atoms with E-state index >= 15 is 0 Å². The summed E-state index contributed by atoms with van der Waals surface area (Å²) in [5.41, 5.74) is 0.762. The van der Waals surface area contributed by atoms with Crippen molar-refractivity contribution in [1.29, 1.82) is 0 Å². The van der Waals surface area contributed by atoms with Crippen LogP contribution in [0.5, 0.6) is 5.75 Å². The van der Waals surface area contributed by atoms with Crippen LogP contribution in [0.1, 0.15) is 57.8 Å². The first-order valence-electron chi connectivity index (χ1n) is 10.4. The summed E-state index contributed by atoms with van der Waals surface area (Å²) in [5, 5.41) is 14.2. The number of hydrogen-bond acceptors (Lipinski definition) is 9. The number of fused-ring (bicyclic) bond motifs is 1. The minimum absolute atomic E-state index is 0.00417. The molecule has 1 aliphatic rings. The van der Waals surface area contributed by atoms with Gasteiger partial charge in [-0.1, -0.05) is 0 Å². The maximum atomic E-state index is 12.7. The molecule has 1 atom stereocenters. The molecule has 1 heterocycles. The molecule has 176 valence electrons. The van der Waals surface area contributed by atoms with Crippen molar-refractivity contribution < 1.29 is 33.5 Å². The molecule has 2 aromatic rings. The van der Waals surface area contributed by atoms with Gasteiger partial charge >= 0.3 is 17.6 Å². The number of nitrogens with one attached hydrogen (secondary N) is 1. The van der Waals surface area contributed by atoms with Gasteiger partial charge in [0.15, 0.2) is 11.9 Å². The van der Waals surface area contributed by atoms with Crippen LogP contribution in [0.3, 0.4) is 0 Å². The standard InChI is InChI=1S/C22H24N2O8S/c1-4-31-22(27)18-14-7-5-6-8-17(14)33-20(18)23-19(25)12(2)32-21(26)13-9-10-16(30-3)15(11-13)24(28)29/h9-12H,4-8H2,1-3H3,(H,23,25)/t12-/m0/s1.